The van der Waals surface area contributed by atoms with Crippen molar-refractivity contribution in [3.05, 3.63) is 24.3 Å². The molecule has 0 aliphatic heterocycles. The van der Waals surface area contributed by atoms with E-state index in [9.17, 15) is 0 Å². The van der Waals surface area contributed by atoms with Gasteiger partial charge in [0.25, 0.3) is 0 Å². The van der Waals surface area contributed by atoms with Crippen molar-refractivity contribution >= 4 is 17.3 Å². The van der Waals surface area contributed by atoms with Gasteiger partial charge in [-0.3, -0.25) is 4.99 Å². The molecule has 76 valence electrons. The van der Waals surface area contributed by atoms with Crippen LogP contribution in [0.25, 0.3) is 0 Å². The number of nitrogens with zero attached hydrogens (tertiary/aromatic N) is 2. The lowest BCUT2D eigenvalue weighted by Crippen LogP contribution is -2.21. The number of nitrogens with two attached hydrogens (primary N) is 1. The Kier molecular flexibility index (Phi) is 3.34. The molecular weight excluding hydrogens is 176 g/mol. The standard InChI is InChI=1S/C10H16N4/c1-12-10(11)13-8-4-6-9(7-5-8)14(2)3/h4-7H,1-3H3,(H3,11,12,13). The zero-order valence-corrected chi connectivity index (χ0v) is 8.78. The highest BCUT2D eigenvalue weighted by atomic mass is 15.1. The first kappa shape index (κ1) is 10.4. The van der Waals surface area contributed by atoms with Gasteiger partial charge < -0.3 is 16.0 Å². The third-order valence-electron chi connectivity index (χ3n) is 1.90. The Morgan fingerprint density at radius 3 is 2.29 bits per heavy atom. The van der Waals surface area contributed by atoms with Crippen LogP contribution < -0.4 is 16.0 Å². The van der Waals surface area contributed by atoms with Gasteiger partial charge in [0.15, 0.2) is 5.96 Å². The molecule has 0 radical (unpaired) electrons. The van der Waals surface area contributed by atoms with Gasteiger partial charge in [-0.05, 0) is 24.3 Å². The normalized spacial score (nSPS) is 11.2. The molecule has 1 rings (SSSR count). The Hall–Kier alpha value is -1.71. The summed E-state index contributed by atoms with van der Waals surface area (Å²) in [7, 11) is 5.66. The van der Waals surface area contributed by atoms with Crippen molar-refractivity contribution in [2.75, 3.05) is 31.4 Å². The minimum absolute atomic E-state index is 0.419. The SMILES string of the molecule is CN=C(N)Nc1ccc(N(C)C)cc1. The van der Waals surface area contributed by atoms with E-state index in [2.05, 4.69) is 10.3 Å². The second-order valence-corrected chi connectivity index (χ2v) is 3.18. The lowest BCUT2D eigenvalue weighted by atomic mass is 10.2. The third-order valence-corrected chi connectivity index (χ3v) is 1.90. The van der Waals surface area contributed by atoms with Crippen molar-refractivity contribution in [1.29, 1.82) is 0 Å². The van der Waals surface area contributed by atoms with Crippen molar-refractivity contribution in [3.8, 4) is 0 Å². The third kappa shape index (κ3) is 2.65. The van der Waals surface area contributed by atoms with Crippen molar-refractivity contribution in [3.63, 3.8) is 0 Å². The summed E-state index contributed by atoms with van der Waals surface area (Å²) in [5, 5.41) is 2.97. The van der Waals surface area contributed by atoms with Gasteiger partial charge in [0.2, 0.25) is 0 Å². The molecule has 0 aromatic heterocycles. The molecule has 0 saturated carbocycles. The van der Waals surface area contributed by atoms with Crippen LogP contribution in [-0.4, -0.2) is 27.1 Å². The predicted molar refractivity (Wildman–Crippen MR) is 61.9 cm³/mol. The van der Waals surface area contributed by atoms with Gasteiger partial charge in [-0.15, -0.1) is 0 Å². The summed E-state index contributed by atoms with van der Waals surface area (Å²) in [5.41, 5.74) is 7.63. The fourth-order valence-electron chi connectivity index (χ4n) is 1.05. The topological polar surface area (TPSA) is 53.6 Å². The summed E-state index contributed by atoms with van der Waals surface area (Å²) in [6.45, 7) is 0. The van der Waals surface area contributed by atoms with Crippen LogP contribution in [0.1, 0.15) is 0 Å². The predicted octanol–water partition coefficient (Wildman–Crippen LogP) is 1.11. The van der Waals surface area contributed by atoms with Crippen LogP contribution in [-0.2, 0) is 0 Å². The Balaban J connectivity index is 2.74. The largest absolute Gasteiger partial charge is 0.378 e. The maximum Gasteiger partial charge on any atom is 0.192 e. The lowest BCUT2D eigenvalue weighted by Gasteiger charge is -2.13. The maximum atomic E-state index is 5.53. The highest BCUT2D eigenvalue weighted by Crippen LogP contribution is 2.15. The van der Waals surface area contributed by atoms with E-state index in [0.29, 0.717) is 5.96 Å². The summed E-state index contributed by atoms with van der Waals surface area (Å²) < 4.78 is 0. The molecule has 0 spiro atoms. The monoisotopic (exact) mass is 192 g/mol. The van der Waals surface area contributed by atoms with E-state index in [1.807, 2.05) is 43.3 Å². The first-order valence-corrected chi connectivity index (χ1v) is 4.40. The molecule has 0 unspecified atom stereocenters. The van der Waals surface area contributed by atoms with Gasteiger partial charge in [-0.1, -0.05) is 0 Å². The molecule has 0 heterocycles. The minimum Gasteiger partial charge on any atom is -0.378 e. The van der Waals surface area contributed by atoms with E-state index < -0.39 is 0 Å². The van der Waals surface area contributed by atoms with E-state index in [0.717, 1.165) is 11.4 Å². The molecule has 1 aromatic rings. The molecule has 0 aliphatic rings. The maximum absolute atomic E-state index is 5.53. The van der Waals surface area contributed by atoms with Crippen molar-refractivity contribution in [2.24, 2.45) is 10.7 Å². The van der Waals surface area contributed by atoms with Crippen molar-refractivity contribution in [1.82, 2.24) is 0 Å². The zero-order valence-electron chi connectivity index (χ0n) is 8.78. The number of benzene rings is 1. The average Bonchev–Trinajstić information content (AvgIpc) is 2.18. The molecule has 0 fully saturated rings. The van der Waals surface area contributed by atoms with Crippen LogP contribution in [0.2, 0.25) is 0 Å². The highest BCUT2D eigenvalue weighted by Gasteiger charge is 1.96. The Labute approximate surface area is 84.4 Å². The fourth-order valence-corrected chi connectivity index (χ4v) is 1.05. The Morgan fingerprint density at radius 2 is 1.86 bits per heavy atom. The molecule has 4 heteroatoms. The minimum atomic E-state index is 0.419. The first-order valence-electron chi connectivity index (χ1n) is 4.40. The number of guanidine groups is 1. The molecule has 1 aromatic carbocycles. The molecule has 0 amide bonds. The smallest absolute Gasteiger partial charge is 0.192 e. The number of anilines is 2. The van der Waals surface area contributed by atoms with E-state index in [1.54, 1.807) is 7.05 Å². The quantitative estimate of drug-likeness (QED) is 0.545. The van der Waals surface area contributed by atoms with Gasteiger partial charge in [-0.25, -0.2) is 0 Å². The summed E-state index contributed by atoms with van der Waals surface area (Å²) in [4.78, 5) is 5.86. The molecule has 14 heavy (non-hydrogen) atoms. The number of aliphatic imine (C=N–C) groups is 1. The van der Waals surface area contributed by atoms with Crippen LogP contribution in [0.4, 0.5) is 11.4 Å². The van der Waals surface area contributed by atoms with E-state index in [1.165, 1.54) is 0 Å². The van der Waals surface area contributed by atoms with E-state index in [4.69, 9.17) is 5.73 Å². The van der Waals surface area contributed by atoms with E-state index >= 15 is 0 Å². The number of rotatable bonds is 2. The van der Waals surface area contributed by atoms with Gasteiger partial charge in [0.1, 0.15) is 0 Å². The number of hydrogen-bond acceptors (Lipinski definition) is 2. The average molecular weight is 192 g/mol. The summed E-state index contributed by atoms with van der Waals surface area (Å²) in [6, 6.07) is 7.97. The lowest BCUT2D eigenvalue weighted by molar-refractivity contribution is 1.13. The van der Waals surface area contributed by atoms with Gasteiger partial charge in [0, 0.05) is 32.5 Å². The second-order valence-electron chi connectivity index (χ2n) is 3.18. The van der Waals surface area contributed by atoms with E-state index in [-0.39, 0.29) is 0 Å². The first-order chi connectivity index (χ1) is 6.63. The molecule has 0 atom stereocenters. The van der Waals surface area contributed by atoms with Gasteiger partial charge in [0.05, 0.1) is 0 Å². The summed E-state index contributed by atoms with van der Waals surface area (Å²) in [6.07, 6.45) is 0. The molecule has 0 bridgehead atoms. The fraction of sp³-hybridized carbons (Fsp3) is 0.300. The van der Waals surface area contributed by atoms with Gasteiger partial charge in [-0.2, -0.15) is 0 Å². The Bertz CT molecular complexity index is 313. The van der Waals surface area contributed by atoms with Gasteiger partial charge >= 0.3 is 0 Å². The van der Waals surface area contributed by atoms with Crippen LogP contribution in [0.5, 0.6) is 0 Å². The van der Waals surface area contributed by atoms with Crippen molar-refractivity contribution in [2.45, 2.75) is 0 Å². The molecule has 4 nitrogen and oxygen atoms in total. The number of hydrogen-bond donors (Lipinski definition) is 2. The second kappa shape index (κ2) is 4.50. The summed E-state index contributed by atoms with van der Waals surface area (Å²) in [5.74, 6) is 0.419. The molecular formula is C10H16N4. The zero-order chi connectivity index (χ0) is 10.6. The van der Waals surface area contributed by atoms with Crippen molar-refractivity contribution < 1.29 is 0 Å². The van der Waals surface area contributed by atoms with Crippen LogP contribution in [0.3, 0.4) is 0 Å². The number of nitrogens with one attached hydrogen (secondary N) is 1. The molecule has 0 aliphatic carbocycles. The Morgan fingerprint density at radius 1 is 1.29 bits per heavy atom. The van der Waals surface area contributed by atoms with Crippen LogP contribution in [0.15, 0.2) is 29.3 Å². The molecule has 0 saturated heterocycles. The summed E-state index contributed by atoms with van der Waals surface area (Å²) >= 11 is 0. The van der Waals surface area contributed by atoms with Crippen LogP contribution >= 0.6 is 0 Å². The highest BCUT2D eigenvalue weighted by molar-refractivity contribution is 5.92. The molecule has 3 N–H and O–H groups in total. The van der Waals surface area contributed by atoms with Crippen LogP contribution in [0, 0.1) is 0 Å².